The smallest absolute Gasteiger partial charge is 0.252 e. The van der Waals surface area contributed by atoms with Crippen molar-refractivity contribution < 1.29 is 9.53 Å². The maximum absolute atomic E-state index is 12.0. The van der Waals surface area contributed by atoms with Crippen LogP contribution in [0.25, 0.3) is 0 Å². The molecule has 22 heavy (non-hydrogen) atoms. The van der Waals surface area contributed by atoms with Gasteiger partial charge in [-0.1, -0.05) is 30.3 Å². The number of carbonyl (C=O) groups is 1. The van der Waals surface area contributed by atoms with E-state index in [4.69, 9.17) is 4.74 Å². The zero-order chi connectivity index (χ0) is 15.2. The third-order valence-electron chi connectivity index (χ3n) is 4.06. The van der Waals surface area contributed by atoms with Gasteiger partial charge in [0.15, 0.2) is 0 Å². The van der Waals surface area contributed by atoms with E-state index >= 15 is 0 Å². The lowest BCUT2D eigenvalue weighted by molar-refractivity contribution is 0.00497. The predicted molar refractivity (Wildman–Crippen MR) is 84.7 cm³/mol. The lowest BCUT2D eigenvalue weighted by Crippen LogP contribution is -2.37. The van der Waals surface area contributed by atoms with E-state index in [0.29, 0.717) is 18.0 Å². The number of ether oxygens (including phenoxy) is 1. The van der Waals surface area contributed by atoms with Gasteiger partial charge in [0.05, 0.1) is 18.3 Å². The Hall–Kier alpha value is -2.20. The van der Waals surface area contributed by atoms with E-state index in [9.17, 15) is 4.79 Å². The monoisotopic (exact) mass is 296 g/mol. The normalized spacial score (nSPS) is 21.3. The van der Waals surface area contributed by atoms with Gasteiger partial charge in [-0.3, -0.25) is 9.78 Å². The highest BCUT2D eigenvalue weighted by Gasteiger charge is 2.23. The van der Waals surface area contributed by atoms with Gasteiger partial charge in [-0.15, -0.1) is 0 Å². The highest BCUT2D eigenvalue weighted by molar-refractivity contribution is 5.93. The minimum atomic E-state index is -0.0955. The molecule has 2 atom stereocenters. The Kier molecular flexibility index (Phi) is 4.81. The van der Waals surface area contributed by atoms with Crippen molar-refractivity contribution in [3.63, 3.8) is 0 Å². The average molecular weight is 296 g/mol. The molecule has 0 aliphatic carbocycles. The number of nitrogens with zero attached hydrogens (tertiary/aromatic N) is 1. The molecule has 1 aromatic heterocycles. The molecule has 2 aromatic rings. The van der Waals surface area contributed by atoms with E-state index in [1.165, 1.54) is 5.56 Å². The zero-order valence-corrected chi connectivity index (χ0v) is 12.4. The van der Waals surface area contributed by atoms with Crippen LogP contribution in [0, 0.1) is 0 Å². The minimum absolute atomic E-state index is 0.0955. The van der Waals surface area contributed by atoms with Crippen LogP contribution in [-0.2, 0) is 4.74 Å². The highest BCUT2D eigenvalue weighted by atomic mass is 16.5. The Morgan fingerprint density at radius 2 is 2.05 bits per heavy atom. The van der Waals surface area contributed by atoms with Crippen LogP contribution in [-0.4, -0.2) is 30.1 Å². The van der Waals surface area contributed by atoms with Crippen LogP contribution in [0.5, 0.6) is 0 Å². The molecule has 2 heterocycles. The molecule has 0 radical (unpaired) electrons. The van der Waals surface area contributed by atoms with Crippen molar-refractivity contribution in [1.29, 1.82) is 0 Å². The molecule has 114 valence electrons. The second kappa shape index (κ2) is 7.18. The SMILES string of the molecule is O=C(NCC1CCC(c2ccccc2)CO1)c1cccnc1. The Labute approximate surface area is 130 Å². The Balaban J connectivity index is 1.45. The lowest BCUT2D eigenvalue weighted by Gasteiger charge is -2.29. The number of hydrogen-bond donors (Lipinski definition) is 1. The summed E-state index contributed by atoms with van der Waals surface area (Å²) in [6.45, 7) is 1.27. The quantitative estimate of drug-likeness (QED) is 0.944. The maximum Gasteiger partial charge on any atom is 0.252 e. The minimum Gasteiger partial charge on any atom is -0.376 e. The number of aromatic nitrogens is 1. The van der Waals surface area contributed by atoms with Crippen LogP contribution >= 0.6 is 0 Å². The van der Waals surface area contributed by atoms with Crippen molar-refractivity contribution in [2.24, 2.45) is 0 Å². The second-order valence-electron chi connectivity index (χ2n) is 5.59. The second-order valence-corrected chi connectivity index (χ2v) is 5.59. The maximum atomic E-state index is 12.0. The molecule has 1 aliphatic rings. The zero-order valence-electron chi connectivity index (χ0n) is 12.4. The van der Waals surface area contributed by atoms with Gasteiger partial charge in [-0.2, -0.15) is 0 Å². The number of rotatable bonds is 4. The van der Waals surface area contributed by atoms with Gasteiger partial charge < -0.3 is 10.1 Å². The Bertz CT molecular complexity index is 593. The molecular weight excluding hydrogens is 276 g/mol. The highest BCUT2D eigenvalue weighted by Crippen LogP contribution is 2.27. The van der Waals surface area contributed by atoms with Crippen molar-refractivity contribution in [2.45, 2.75) is 24.9 Å². The number of nitrogens with one attached hydrogen (secondary N) is 1. The molecular formula is C18H20N2O2. The molecule has 0 saturated carbocycles. The van der Waals surface area contributed by atoms with E-state index in [2.05, 4.69) is 34.6 Å². The third kappa shape index (κ3) is 3.71. The van der Waals surface area contributed by atoms with E-state index < -0.39 is 0 Å². The molecule has 0 spiro atoms. The molecule has 2 unspecified atom stereocenters. The van der Waals surface area contributed by atoms with Gasteiger partial charge in [0.2, 0.25) is 0 Å². The van der Waals surface area contributed by atoms with Gasteiger partial charge in [0.25, 0.3) is 5.91 Å². The van der Waals surface area contributed by atoms with Gasteiger partial charge in [0, 0.05) is 24.9 Å². The summed E-state index contributed by atoms with van der Waals surface area (Å²) >= 11 is 0. The molecule has 1 aliphatic heterocycles. The first-order chi connectivity index (χ1) is 10.8. The number of carbonyl (C=O) groups excluding carboxylic acids is 1. The van der Waals surface area contributed by atoms with Crippen molar-refractivity contribution >= 4 is 5.91 Å². The molecule has 1 aromatic carbocycles. The number of pyridine rings is 1. The van der Waals surface area contributed by atoms with Gasteiger partial charge in [0.1, 0.15) is 0 Å². The summed E-state index contributed by atoms with van der Waals surface area (Å²) in [5.41, 5.74) is 1.92. The summed E-state index contributed by atoms with van der Waals surface area (Å²) in [6, 6.07) is 14.0. The fraction of sp³-hybridized carbons (Fsp3) is 0.333. The molecule has 4 heteroatoms. The topological polar surface area (TPSA) is 51.2 Å². The molecule has 1 N–H and O–H groups in total. The van der Waals surface area contributed by atoms with Crippen molar-refractivity contribution in [1.82, 2.24) is 10.3 Å². The molecule has 1 amide bonds. The molecule has 1 fully saturated rings. The number of benzene rings is 1. The van der Waals surface area contributed by atoms with Gasteiger partial charge >= 0.3 is 0 Å². The van der Waals surface area contributed by atoms with Crippen molar-refractivity contribution in [3.05, 3.63) is 66.0 Å². The van der Waals surface area contributed by atoms with Gasteiger partial charge in [-0.05, 0) is 30.5 Å². The summed E-state index contributed by atoms with van der Waals surface area (Å²) in [4.78, 5) is 15.9. The van der Waals surface area contributed by atoms with E-state index in [1.807, 2.05) is 6.07 Å². The van der Waals surface area contributed by atoms with Crippen LogP contribution in [0.1, 0.15) is 34.7 Å². The molecule has 4 nitrogen and oxygen atoms in total. The van der Waals surface area contributed by atoms with Crippen molar-refractivity contribution in [3.8, 4) is 0 Å². The first kappa shape index (κ1) is 14.7. The van der Waals surface area contributed by atoms with Crippen LogP contribution in [0.3, 0.4) is 0 Å². The molecule has 1 saturated heterocycles. The summed E-state index contributed by atoms with van der Waals surface area (Å²) in [5, 5.41) is 2.92. The average Bonchev–Trinajstić information content (AvgIpc) is 2.61. The largest absolute Gasteiger partial charge is 0.376 e. The summed E-state index contributed by atoms with van der Waals surface area (Å²) in [5.74, 6) is 0.369. The van der Waals surface area contributed by atoms with Gasteiger partial charge in [-0.25, -0.2) is 0 Å². The van der Waals surface area contributed by atoms with Crippen LogP contribution in [0.4, 0.5) is 0 Å². The summed E-state index contributed by atoms with van der Waals surface area (Å²) in [6.07, 6.45) is 5.39. The van der Waals surface area contributed by atoms with E-state index in [-0.39, 0.29) is 12.0 Å². The third-order valence-corrected chi connectivity index (χ3v) is 4.06. The first-order valence-electron chi connectivity index (χ1n) is 7.67. The Morgan fingerprint density at radius 1 is 1.18 bits per heavy atom. The Morgan fingerprint density at radius 3 is 2.73 bits per heavy atom. The lowest BCUT2D eigenvalue weighted by atomic mass is 9.91. The summed E-state index contributed by atoms with van der Waals surface area (Å²) < 4.78 is 5.90. The molecule has 0 bridgehead atoms. The standard InChI is InChI=1S/C18H20N2O2/c21-18(15-7-4-10-19-11-15)20-12-17-9-8-16(13-22-17)14-5-2-1-3-6-14/h1-7,10-11,16-17H,8-9,12-13H2,(H,20,21). The van der Waals surface area contributed by atoms with Crippen LogP contribution < -0.4 is 5.32 Å². The fourth-order valence-electron chi connectivity index (χ4n) is 2.76. The van der Waals surface area contributed by atoms with Crippen molar-refractivity contribution in [2.75, 3.05) is 13.2 Å². The fourth-order valence-corrected chi connectivity index (χ4v) is 2.76. The van der Waals surface area contributed by atoms with Crippen LogP contribution in [0.2, 0.25) is 0 Å². The number of hydrogen-bond acceptors (Lipinski definition) is 3. The van der Waals surface area contributed by atoms with E-state index in [1.54, 1.807) is 24.5 Å². The summed E-state index contributed by atoms with van der Waals surface area (Å²) in [7, 11) is 0. The number of amides is 1. The van der Waals surface area contributed by atoms with Crippen LogP contribution in [0.15, 0.2) is 54.9 Å². The van der Waals surface area contributed by atoms with E-state index in [0.717, 1.165) is 19.4 Å². The molecule has 3 rings (SSSR count). The predicted octanol–water partition coefficient (Wildman–Crippen LogP) is 2.77. The first-order valence-corrected chi connectivity index (χ1v) is 7.67.